The zero-order valence-corrected chi connectivity index (χ0v) is 11.9. The average Bonchev–Trinajstić information content (AvgIpc) is 2.47. The first-order valence-corrected chi connectivity index (χ1v) is 6.85. The molecule has 0 saturated heterocycles. The summed E-state index contributed by atoms with van der Waals surface area (Å²) in [6.07, 6.45) is 0.657. The molecule has 0 amide bonds. The van der Waals surface area contributed by atoms with Gasteiger partial charge in [0.2, 0.25) is 0 Å². The molecule has 0 aliphatic carbocycles. The smallest absolute Gasteiger partial charge is 0.363 e. The summed E-state index contributed by atoms with van der Waals surface area (Å²) in [5, 5.41) is 2.79. The predicted molar refractivity (Wildman–Crippen MR) is 75.2 cm³/mol. The largest absolute Gasteiger partial charge is 0.462 e. The van der Waals surface area contributed by atoms with Gasteiger partial charge in [-0.15, -0.1) is 0 Å². The van der Waals surface area contributed by atoms with Crippen molar-refractivity contribution in [3.63, 3.8) is 0 Å². The van der Waals surface area contributed by atoms with Gasteiger partial charge in [-0.05, 0) is 25.1 Å². The van der Waals surface area contributed by atoms with Crippen LogP contribution in [-0.4, -0.2) is 31.3 Å². The van der Waals surface area contributed by atoms with Gasteiger partial charge in [0, 0.05) is 0 Å². The van der Waals surface area contributed by atoms with Crippen molar-refractivity contribution in [3.05, 3.63) is 35.9 Å². The molecule has 0 aromatic heterocycles. The normalized spacial score (nSPS) is 11.7. The highest BCUT2D eigenvalue weighted by Gasteiger charge is 2.23. The number of hydrogen-bond donors (Lipinski definition) is 1. The van der Waals surface area contributed by atoms with Crippen molar-refractivity contribution in [2.45, 2.75) is 32.9 Å². The van der Waals surface area contributed by atoms with E-state index in [1.54, 1.807) is 30.3 Å². The molecule has 5 nitrogen and oxygen atoms in total. The van der Waals surface area contributed by atoms with E-state index in [1.807, 2.05) is 13.8 Å². The molecule has 0 spiro atoms. The minimum Gasteiger partial charge on any atom is -0.462 e. The van der Waals surface area contributed by atoms with E-state index in [0.29, 0.717) is 18.7 Å². The number of likely N-dealkylation sites (N-methyl/N-ethyl adjacent to an activating group) is 1. The van der Waals surface area contributed by atoms with E-state index in [9.17, 15) is 9.59 Å². The molecule has 0 radical (unpaired) electrons. The first-order chi connectivity index (χ1) is 9.69. The van der Waals surface area contributed by atoms with E-state index in [2.05, 4.69) is 5.32 Å². The fourth-order valence-electron chi connectivity index (χ4n) is 1.50. The molecule has 1 N–H and O–H groups in total. The standard InChI is InChI=1S/C15H21NO4/c1-3-5-11-19-15(18)13(16-4-2)20-14(17)12-9-7-6-8-10-12/h6-10,13,16H,3-5,11H2,1-2H3. The third kappa shape index (κ3) is 5.40. The maximum Gasteiger partial charge on any atom is 0.363 e. The molecule has 1 unspecified atom stereocenters. The number of benzene rings is 1. The van der Waals surface area contributed by atoms with Crippen molar-refractivity contribution in [2.75, 3.05) is 13.2 Å². The molecule has 0 aliphatic heterocycles. The topological polar surface area (TPSA) is 64.6 Å². The summed E-state index contributed by atoms with van der Waals surface area (Å²) in [4.78, 5) is 23.7. The number of rotatable bonds is 8. The summed E-state index contributed by atoms with van der Waals surface area (Å²) in [6.45, 7) is 4.66. The lowest BCUT2D eigenvalue weighted by atomic mass is 10.2. The highest BCUT2D eigenvalue weighted by molar-refractivity contribution is 5.91. The van der Waals surface area contributed by atoms with Gasteiger partial charge in [-0.2, -0.15) is 0 Å². The van der Waals surface area contributed by atoms with Crippen LogP contribution in [0.5, 0.6) is 0 Å². The molecule has 1 aromatic carbocycles. The molecule has 0 heterocycles. The number of esters is 2. The highest BCUT2D eigenvalue weighted by Crippen LogP contribution is 2.04. The van der Waals surface area contributed by atoms with Crippen molar-refractivity contribution in [2.24, 2.45) is 0 Å². The van der Waals surface area contributed by atoms with Crippen LogP contribution in [0.1, 0.15) is 37.0 Å². The van der Waals surface area contributed by atoms with Crippen LogP contribution in [0.15, 0.2) is 30.3 Å². The number of carbonyl (C=O) groups is 2. The zero-order chi connectivity index (χ0) is 14.8. The fourth-order valence-corrected chi connectivity index (χ4v) is 1.50. The maximum absolute atomic E-state index is 11.9. The molecule has 5 heteroatoms. The molecule has 1 rings (SSSR count). The van der Waals surface area contributed by atoms with Crippen molar-refractivity contribution in [3.8, 4) is 0 Å². The summed E-state index contributed by atoms with van der Waals surface area (Å²) in [5.74, 6) is -1.12. The second-order valence-corrected chi connectivity index (χ2v) is 4.23. The Hall–Kier alpha value is -1.88. The number of unbranched alkanes of at least 4 members (excludes halogenated alkanes) is 1. The third-order valence-corrected chi connectivity index (χ3v) is 2.58. The Balaban J connectivity index is 2.57. The predicted octanol–water partition coefficient (Wildman–Crippen LogP) is 2.12. The molecule has 1 aromatic rings. The van der Waals surface area contributed by atoms with Crippen molar-refractivity contribution < 1.29 is 19.1 Å². The lowest BCUT2D eigenvalue weighted by molar-refractivity contribution is -0.156. The van der Waals surface area contributed by atoms with Gasteiger partial charge in [0.15, 0.2) is 0 Å². The van der Waals surface area contributed by atoms with Crippen molar-refractivity contribution in [1.82, 2.24) is 5.32 Å². The Labute approximate surface area is 119 Å². The third-order valence-electron chi connectivity index (χ3n) is 2.58. The lowest BCUT2D eigenvalue weighted by Gasteiger charge is -2.17. The molecule has 20 heavy (non-hydrogen) atoms. The van der Waals surface area contributed by atoms with E-state index in [-0.39, 0.29) is 0 Å². The lowest BCUT2D eigenvalue weighted by Crippen LogP contribution is -2.41. The van der Waals surface area contributed by atoms with E-state index >= 15 is 0 Å². The second kappa shape index (κ2) is 9.09. The van der Waals surface area contributed by atoms with Crippen LogP contribution in [0, 0.1) is 0 Å². The first kappa shape index (κ1) is 16.2. The van der Waals surface area contributed by atoms with Crippen LogP contribution >= 0.6 is 0 Å². The van der Waals surface area contributed by atoms with Crippen LogP contribution in [0.4, 0.5) is 0 Å². The Morgan fingerprint density at radius 1 is 1.20 bits per heavy atom. The summed E-state index contributed by atoms with van der Waals surface area (Å²) in [5.41, 5.74) is 0.400. The van der Waals surface area contributed by atoms with Gasteiger partial charge in [-0.1, -0.05) is 38.5 Å². The van der Waals surface area contributed by atoms with Gasteiger partial charge in [-0.3, -0.25) is 5.32 Å². The molecule has 0 fully saturated rings. The van der Waals surface area contributed by atoms with Gasteiger partial charge in [0.1, 0.15) is 0 Å². The maximum atomic E-state index is 11.9. The molecule has 1 atom stereocenters. The van der Waals surface area contributed by atoms with Crippen LogP contribution in [0.25, 0.3) is 0 Å². The minimum atomic E-state index is -1.07. The Kier molecular flexibility index (Phi) is 7.35. The quantitative estimate of drug-likeness (QED) is 0.448. The SMILES string of the molecule is CCCCOC(=O)C(NCC)OC(=O)c1ccccc1. The van der Waals surface area contributed by atoms with E-state index in [0.717, 1.165) is 12.8 Å². The van der Waals surface area contributed by atoms with Gasteiger partial charge < -0.3 is 9.47 Å². The van der Waals surface area contributed by atoms with E-state index in [4.69, 9.17) is 9.47 Å². The summed E-state index contributed by atoms with van der Waals surface area (Å²) in [7, 11) is 0. The van der Waals surface area contributed by atoms with Gasteiger partial charge in [-0.25, -0.2) is 9.59 Å². The monoisotopic (exact) mass is 279 g/mol. The Morgan fingerprint density at radius 3 is 2.50 bits per heavy atom. The van der Waals surface area contributed by atoms with Gasteiger partial charge >= 0.3 is 11.9 Å². The Bertz CT molecular complexity index is 419. The van der Waals surface area contributed by atoms with Gasteiger partial charge in [0.25, 0.3) is 6.23 Å². The molecule has 0 aliphatic rings. The first-order valence-electron chi connectivity index (χ1n) is 6.85. The van der Waals surface area contributed by atoms with E-state index < -0.39 is 18.2 Å². The highest BCUT2D eigenvalue weighted by atomic mass is 16.6. The summed E-state index contributed by atoms with van der Waals surface area (Å²) in [6, 6.07) is 8.54. The van der Waals surface area contributed by atoms with Crippen LogP contribution in [0.3, 0.4) is 0 Å². The van der Waals surface area contributed by atoms with Crippen molar-refractivity contribution >= 4 is 11.9 Å². The number of hydrogen-bond acceptors (Lipinski definition) is 5. The second-order valence-electron chi connectivity index (χ2n) is 4.23. The summed E-state index contributed by atoms with van der Waals surface area (Å²) < 4.78 is 10.2. The van der Waals surface area contributed by atoms with Crippen LogP contribution in [0.2, 0.25) is 0 Å². The molecular formula is C15H21NO4. The number of nitrogens with one attached hydrogen (secondary N) is 1. The number of ether oxygens (including phenoxy) is 2. The average molecular weight is 279 g/mol. The Morgan fingerprint density at radius 2 is 1.90 bits per heavy atom. The molecule has 0 bridgehead atoms. The van der Waals surface area contributed by atoms with E-state index in [1.165, 1.54) is 0 Å². The fraction of sp³-hybridized carbons (Fsp3) is 0.467. The molecule has 110 valence electrons. The molecule has 0 saturated carbocycles. The van der Waals surface area contributed by atoms with Crippen LogP contribution in [-0.2, 0) is 14.3 Å². The zero-order valence-electron chi connectivity index (χ0n) is 11.9. The van der Waals surface area contributed by atoms with Crippen LogP contribution < -0.4 is 5.32 Å². The minimum absolute atomic E-state index is 0.333. The number of carbonyl (C=O) groups excluding carboxylic acids is 2. The van der Waals surface area contributed by atoms with Gasteiger partial charge in [0.05, 0.1) is 12.2 Å². The van der Waals surface area contributed by atoms with Crippen molar-refractivity contribution in [1.29, 1.82) is 0 Å². The summed E-state index contributed by atoms with van der Waals surface area (Å²) >= 11 is 0. The molecular weight excluding hydrogens is 258 g/mol.